The van der Waals surface area contributed by atoms with Gasteiger partial charge in [-0.1, -0.05) is 103 Å². The molecule has 6 rings (SSSR count). The van der Waals surface area contributed by atoms with Crippen LogP contribution in [0.2, 0.25) is 0 Å². The van der Waals surface area contributed by atoms with E-state index in [1.165, 1.54) is 0 Å². The highest BCUT2D eigenvalue weighted by molar-refractivity contribution is 6.00. The van der Waals surface area contributed by atoms with Crippen LogP contribution in [0.15, 0.2) is 133 Å². The van der Waals surface area contributed by atoms with Crippen molar-refractivity contribution in [1.82, 2.24) is 5.32 Å². The number of esters is 1. The Bertz CT molecular complexity index is 1720. The van der Waals surface area contributed by atoms with Gasteiger partial charge in [0.15, 0.2) is 0 Å². The van der Waals surface area contributed by atoms with Crippen LogP contribution < -0.4 is 10.1 Å². The van der Waals surface area contributed by atoms with Crippen LogP contribution in [0.25, 0.3) is 21.9 Å². The zero-order chi connectivity index (χ0) is 27.5. The maximum atomic E-state index is 13.5. The van der Waals surface area contributed by atoms with Gasteiger partial charge in [0, 0.05) is 11.1 Å². The summed E-state index contributed by atoms with van der Waals surface area (Å²) in [5.74, 6) is -0.773. The summed E-state index contributed by atoms with van der Waals surface area (Å²) in [6.07, 6.45) is 0. The SMILES string of the molecule is CCOC(=O)C1=C(NC(=O)c2ccc(-c3ccccc3)cc2)Oc2ccc3ccccc3c2C1c1ccccc1. The number of carbonyl (C=O) groups is 2. The first-order valence-electron chi connectivity index (χ1n) is 13.3. The van der Waals surface area contributed by atoms with E-state index in [2.05, 4.69) is 5.32 Å². The highest BCUT2D eigenvalue weighted by Crippen LogP contribution is 2.46. The number of benzene rings is 5. The molecule has 5 aromatic rings. The Morgan fingerprint density at radius 1 is 0.750 bits per heavy atom. The van der Waals surface area contributed by atoms with E-state index in [-0.39, 0.29) is 24.0 Å². The molecule has 1 heterocycles. The van der Waals surface area contributed by atoms with E-state index in [1.54, 1.807) is 19.1 Å². The highest BCUT2D eigenvalue weighted by Gasteiger charge is 2.38. The summed E-state index contributed by atoms with van der Waals surface area (Å²) in [6, 6.07) is 38.9. The average molecular weight is 526 g/mol. The smallest absolute Gasteiger partial charge is 0.340 e. The lowest BCUT2D eigenvalue weighted by Gasteiger charge is -2.31. The third kappa shape index (κ3) is 4.74. The van der Waals surface area contributed by atoms with Crippen LogP contribution in [-0.2, 0) is 9.53 Å². The molecular weight excluding hydrogens is 498 g/mol. The van der Waals surface area contributed by atoms with E-state index in [1.807, 2.05) is 109 Å². The number of hydrogen-bond acceptors (Lipinski definition) is 4. The van der Waals surface area contributed by atoms with Crippen LogP contribution >= 0.6 is 0 Å². The molecular formula is C35H27NO4. The van der Waals surface area contributed by atoms with Crippen LogP contribution in [0.5, 0.6) is 5.75 Å². The van der Waals surface area contributed by atoms with Crippen molar-refractivity contribution in [3.63, 3.8) is 0 Å². The summed E-state index contributed by atoms with van der Waals surface area (Å²) in [6.45, 7) is 1.95. The second kappa shape index (κ2) is 10.9. The van der Waals surface area contributed by atoms with Gasteiger partial charge < -0.3 is 9.47 Å². The molecule has 1 N–H and O–H groups in total. The summed E-state index contributed by atoms with van der Waals surface area (Å²) in [5, 5.41) is 4.89. The molecule has 1 aliphatic heterocycles. The number of ether oxygens (including phenoxy) is 2. The Balaban J connectivity index is 1.45. The largest absolute Gasteiger partial charge is 0.462 e. The molecule has 1 atom stereocenters. The van der Waals surface area contributed by atoms with Crippen LogP contribution in [0.4, 0.5) is 0 Å². The second-order valence-electron chi connectivity index (χ2n) is 9.51. The van der Waals surface area contributed by atoms with E-state index in [0.717, 1.165) is 33.0 Å². The third-order valence-corrected chi connectivity index (χ3v) is 7.07. The molecule has 0 radical (unpaired) electrons. The van der Waals surface area contributed by atoms with Crippen LogP contribution in [-0.4, -0.2) is 18.5 Å². The molecule has 0 bridgehead atoms. The standard InChI is InChI=1S/C35H27NO4/c1-2-39-35(38)32-30(26-14-7-4-8-15-26)31-28-16-10-9-13-25(28)21-22-29(31)40-34(32)36-33(37)27-19-17-24(18-20-27)23-11-5-3-6-12-23/h3-22,30H,2H2,1H3,(H,36,37). The van der Waals surface area contributed by atoms with E-state index in [0.29, 0.717) is 11.3 Å². The van der Waals surface area contributed by atoms with Gasteiger partial charge >= 0.3 is 5.97 Å². The first-order chi connectivity index (χ1) is 19.6. The normalized spacial score (nSPS) is 14.3. The van der Waals surface area contributed by atoms with Crippen molar-refractivity contribution >= 4 is 22.6 Å². The van der Waals surface area contributed by atoms with Crippen molar-refractivity contribution in [2.45, 2.75) is 12.8 Å². The van der Waals surface area contributed by atoms with E-state index < -0.39 is 11.9 Å². The first-order valence-corrected chi connectivity index (χ1v) is 13.3. The Kier molecular flexibility index (Phi) is 6.86. The Morgan fingerprint density at radius 2 is 1.40 bits per heavy atom. The minimum atomic E-state index is -0.537. The van der Waals surface area contributed by atoms with Crippen molar-refractivity contribution in [2.75, 3.05) is 6.61 Å². The van der Waals surface area contributed by atoms with Crippen molar-refractivity contribution < 1.29 is 19.1 Å². The van der Waals surface area contributed by atoms with Crippen LogP contribution in [0.3, 0.4) is 0 Å². The molecule has 0 aliphatic carbocycles. The molecule has 196 valence electrons. The molecule has 5 aromatic carbocycles. The third-order valence-electron chi connectivity index (χ3n) is 7.07. The Hall–Kier alpha value is -5.16. The van der Waals surface area contributed by atoms with Crippen LogP contribution in [0.1, 0.15) is 34.3 Å². The van der Waals surface area contributed by atoms with Crippen molar-refractivity contribution in [1.29, 1.82) is 0 Å². The van der Waals surface area contributed by atoms with Crippen LogP contribution in [0, 0.1) is 0 Å². The Morgan fingerprint density at radius 3 is 2.12 bits per heavy atom. The molecule has 0 spiro atoms. The summed E-state index contributed by atoms with van der Waals surface area (Å²) in [7, 11) is 0. The van der Waals surface area contributed by atoms with Gasteiger partial charge in [0.05, 0.1) is 12.5 Å². The average Bonchev–Trinajstić information content (AvgIpc) is 3.01. The molecule has 0 saturated heterocycles. The number of rotatable bonds is 6. The lowest BCUT2D eigenvalue weighted by molar-refractivity contribution is -0.139. The lowest BCUT2D eigenvalue weighted by atomic mass is 9.80. The quantitative estimate of drug-likeness (QED) is 0.238. The van der Waals surface area contributed by atoms with Gasteiger partial charge in [-0.2, -0.15) is 0 Å². The summed E-state index contributed by atoms with van der Waals surface area (Å²) >= 11 is 0. The minimum absolute atomic E-state index is 0.0761. The molecule has 1 amide bonds. The van der Waals surface area contributed by atoms with E-state index >= 15 is 0 Å². The fourth-order valence-electron chi connectivity index (χ4n) is 5.21. The molecule has 40 heavy (non-hydrogen) atoms. The van der Waals surface area contributed by atoms with Crippen molar-refractivity contribution in [2.24, 2.45) is 0 Å². The molecule has 0 saturated carbocycles. The van der Waals surface area contributed by atoms with Gasteiger partial charge in [0.25, 0.3) is 5.91 Å². The minimum Gasteiger partial charge on any atom is -0.462 e. The van der Waals surface area contributed by atoms with Gasteiger partial charge in [-0.15, -0.1) is 0 Å². The van der Waals surface area contributed by atoms with Gasteiger partial charge in [-0.3, -0.25) is 10.1 Å². The fraction of sp³-hybridized carbons (Fsp3) is 0.0857. The van der Waals surface area contributed by atoms with Gasteiger partial charge in [0.1, 0.15) is 11.3 Å². The highest BCUT2D eigenvalue weighted by atomic mass is 16.5. The summed E-state index contributed by atoms with van der Waals surface area (Å²) in [4.78, 5) is 27.0. The van der Waals surface area contributed by atoms with E-state index in [4.69, 9.17) is 9.47 Å². The molecule has 5 heteroatoms. The molecule has 0 fully saturated rings. The number of fused-ring (bicyclic) bond motifs is 3. The second-order valence-corrected chi connectivity index (χ2v) is 9.51. The number of amides is 1. The molecule has 1 unspecified atom stereocenters. The molecule has 1 aliphatic rings. The number of nitrogens with one attached hydrogen (secondary N) is 1. The number of hydrogen-bond donors (Lipinski definition) is 1. The zero-order valence-corrected chi connectivity index (χ0v) is 22.0. The molecule has 0 aromatic heterocycles. The van der Waals surface area contributed by atoms with Gasteiger partial charge in [0.2, 0.25) is 5.88 Å². The monoisotopic (exact) mass is 525 g/mol. The van der Waals surface area contributed by atoms with Gasteiger partial charge in [-0.25, -0.2) is 4.79 Å². The topological polar surface area (TPSA) is 64.6 Å². The first kappa shape index (κ1) is 25.1. The maximum Gasteiger partial charge on any atom is 0.340 e. The predicted molar refractivity (Wildman–Crippen MR) is 156 cm³/mol. The number of carbonyl (C=O) groups excluding carboxylic acids is 2. The summed E-state index contributed by atoms with van der Waals surface area (Å²) < 4.78 is 11.8. The van der Waals surface area contributed by atoms with Crippen molar-refractivity contribution in [3.8, 4) is 16.9 Å². The lowest BCUT2D eigenvalue weighted by Crippen LogP contribution is -2.34. The fourth-order valence-corrected chi connectivity index (χ4v) is 5.21. The predicted octanol–water partition coefficient (Wildman–Crippen LogP) is 7.24. The summed E-state index contributed by atoms with van der Waals surface area (Å²) in [5.41, 5.74) is 4.52. The zero-order valence-electron chi connectivity index (χ0n) is 22.0. The maximum absolute atomic E-state index is 13.5. The van der Waals surface area contributed by atoms with E-state index in [9.17, 15) is 9.59 Å². The van der Waals surface area contributed by atoms with Gasteiger partial charge in [-0.05, 0) is 52.6 Å². The Labute approximate surface area is 232 Å². The van der Waals surface area contributed by atoms with Crippen molar-refractivity contribution in [3.05, 3.63) is 149 Å². The molecule has 5 nitrogen and oxygen atoms in total.